The molecule has 0 spiro atoms. The van der Waals surface area contributed by atoms with Gasteiger partial charge in [0.1, 0.15) is 5.54 Å². The summed E-state index contributed by atoms with van der Waals surface area (Å²) < 4.78 is 0.933. The van der Waals surface area contributed by atoms with Crippen LogP contribution in [0.3, 0.4) is 0 Å². The van der Waals surface area contributed by atoms with Gasteiger partial charge in [0.25, 0.3) is 0 Å². The Bertz CT molecular complexity index is 174. The van der Waals surface area contributed by atoms with Gasteiger partial charge in [-0.25, -0.2) is 4.79 Å². The number of hydroxylamine groups is 2. The number of nitrogens with one attached hydrogen (secondary N) is 1. The standard InChI is InChI=1S/C5H9ClN2O2.ClH/c1-5(2)3-7(6)4(9)8(5)10;/h8H,3H2,1-2H3;1H/p-1. The van der Waals surface area contributed by atoms with Gasteiger partial charge in [-0.05, 0) is 13.8 Å². The Morgan fingerprint density at radius 1 is 1.73 bits per heavy atom. The van der Waals surface area contributed by atoms with Crippen molar-refractivity contribution in [2.75, 3.05) is 6.54 Å². The minimum atomic E-state index is -0.598. The fourth-order valence-electron chi connectivity index (χ4n) is 0.890. The Balaban J connectivity index is 0.000001000. The quantitative estimate of drug-likeness (QED) is 0.329. The molecular formula is C5H9Cl2N2O2-. The summed E-state index contributed by atoms with van der Waals surface area (Å²) in [5, 5.41) is 10.6. The predicted octanol–water partition coefficient (Wildman–Crippen LogP) is -3.26. The number of carbonyl (C=O) groups is 1. The van der Waals surface area contributed by atoms with E-state index in [1.807, 2.05) is 0 Å². The molecule has 2 amide bonds. The lowest BCUT2D eigenvalue weighted by atomic mass is 10.1. The zero-order valence-electron chi connectivity index (χ0n) is 6.23. The van der Waals surface area contributed by atoms with E-state index in [0.29, 0.717) is 6.54 Å². The van der Waals surface area contributed by atoms with Gasteiger partial charge >= 0.3 is 6.03 Å². The minimum Gasteiger partial charge on any atom is -1.00 e. The van der Waals surface area contributed by atoms with Gasteiger partial charge in [-0.3, -0.25) is 5.06 Å². The summed E-state index contributed by atoms with van der Waals surface area (Å²) in [5.41, 5.74) is -0.598. The molecule has 66 valence electrons. The van der Waals surface area contributed by atoms with Crippen LogP contribution in [0.15, 0.2) is 0 Å². The maximum atomic E-state index is 11.0. The Morgan fingerprint density at radius 3 is 2.27 bits per heavy atom. The molecule has 0 saturated carbocycles. The smallest absolute Gasteiger partial charge is 0.432 e. The van der Waals surface area contributed by atoms with E-state index in [1.165, 1.54) is 0 Å². The van der Waals surface area contributed by atoms with Crippen LogP contribution < -0.4 is 17.5 Å². The largest absolute Gasteiger partial charge is 1.00 e. The first-order chi connectivity index (χ1) is 4.45. The predicted molar refractivity (Wildman–Crippen MR) is 36.4 cm³/mol. The molecule has 1 unspecified atom stereocenters. The molecule has 0 aromatic rings. The Hall–Kier alpha value is -0.0300. The molecule has 0 aliphatic carbocycles. The van der Waals surface area contributed by atoms with Gasteiger partial charge in [0, 0.05) is 11.8 Å². The van der Waals surface area contributed by atoms with Crippen LogP contribution in [0.4, 0.5) is 4.79 Å². The lowest BCUT2D eigenvalue weighted by Crippen LogP contribution is -3.15. The summed E-state index contributed by atoms with van der Waals surface area (Å²) in [6.07, 6.45) is 0. The highest BCUT2D eigenvalue weighted by Gasteiger charge is 2.43. The van der Waals surface area contributed by atoms with Crippen molar-refractivity contribution >= 4 is 17.8 Å². The van der Waals surface area contributed by atoms with Gasteiger partial charge in [-0.1, -0.05) is 0 Å². The number of quaternary nitrogens is 1. The van der Waals surface area contributed by atoms with E-state index < -0.39 is 16.6 Å². The summed E-state index contributed by atoms with van der Waals surface area (Å²) in [4.78, 5) is 10.8. The van der Waals surface area contributed by atoms with Crippen LogP contribution in [0.2, 0.25) is 0 Å². The van der Waals surface area contributed by atoms with E-state index in [-0.39, 0.29) is 12.4 Å². The molecule has 0 aromatic heterocycles. The zero-order valence-corrected chi connectivity index (χ0v) is 7.74. The Kier molecular flexibility index (Phi) is 3.14. The Morgan fingerprint density at radius 2 is 2.18 bits per heavy atom. The van der Waals surface area contributed by atoms with Crippen LogP contribution in [-0.2, 0) is 0 Å². The molecule has 1 rings (SSSR count). The SMILES string of the molecule is CC1(C)CN(Cl)C(=O)[NH+]1[O-].[Cl-]. The molecule has 11 heavy (non-hydrogen) atoms. The molecule has 1 heterocycles. The van der Waals surface area contributed by atoms with E-state index in [9.17, 15) is 10.0 Å². The van der Waals surface area contributed by atoms with Gasteiger partial charge in [0.2, 0.25) is 0 Å². The summed E-state index contributed by atoms with van der Waals surface area (Å²) in [6.45, 7) is 3.72. The second-order valence-electron chi connectivity index (χ2n) is 3.04. The first-order valence-corrected chi connectivity index (χ1v) is 3.31. The molecule has 1 fully saturated rings. The Labute approximate surface area is 76.2 Å². The van der Waals surface area contributed by atoms with E-state index >= 15 is 0 Å². The number of rotatable bonds is 0. The highest BCUT2D eigenvalue weighted by atomic mass is 35.5. The van der Waals surface area contributed by atoms with Gasteiger partial charge < -0.3 is 17.6 Å². The molecule has 0 bridgehead atoms. The molecule has 1 saturated heterocycles. The second-order valence-corrected chi connectivity index (χ2v) is 3.45. The van der Waals surface area contributed by atoms with Crippen LogP contribution >= 0.6 is 11.8 Å². The number of amides is 2. The number of hydrogen-bond acceptors (Lipinski definition) is 2. The van der Waals surface area contributed by atoms with Crippen LogP contribution in [-0.4, -0.2) is 22.5 Å². The molecule has 4 nitrogen and oxygen atoms in total. The highest BCUT2D eigenvalue weighted by Crippen LogP contribution is 2.10. The minimum absolute atomic E-state index is 0. The van der Waals surface area contributed by atoms with Crippen molar-refractivity contribution in [1.82, 2.24) is 4.42 Å². The van der Waals surface area contributed by atoms with Gasteiger partial charge in [-0.15, -0.1) is 0 Å². The maximum absolute atomic E-state index is 11.0. The van der Waals surface area contributed by atoms with Crippen molar-refractivity contribution in [2.45, 2.75) is 19.4 Å². The van der Waals surface area contributed by atoms with Crippen molar-refractivity contribution in [3.8, 4) is 0 Å². The highest BCUT2D eigenvalue weighted by molar-refractivity contribution is 6.20. The van der Waals surface area contributed by atoms with Crippen LogP contribution in [0, 0.1) is 5.21 Å². The third kappa shape index (κ3) is 1.76. The van der Waals surface area contributed by atoms with Gasteiger partial charge in [0.15, 0.2) is 0 Å². The fraction of sp³-hybridized carbons (Fsp3) is 0.800. The van der Waals surface area contributed by atoms with Crippen LogP contribution in [0.25, 0.3) is 0 Å². The number of carbonyl (C=O) groups excluding carboxylic acids is 1. The van der Waals surface area contributed by atoms with E-state index in [0.717, 1.165) is 4.42 Å². The summed E-state index contributed by atoms with van der Waals surface area (Å²) in [5.74, 6) is 0. The number of nitrogens with zero attached hydrogens (tertiary/aromatic N) is 1. The fourth-order valence-corrected chi connectivity index (χ4v) is 1.27. The number of urea groups is 1. The first-order valence-electron chi connectivity index (χ1n) is 2.97. The molecule has 1 atom stereocenters. The third-order valence-electron chi connectivity index (χ3n) is 1.56. The average molecular weight is 200 g/mol. The average Bonchev–Trinajstić information content (AvgIpc) is 1.95. The van der Waals surface area contributed by atoms with E-state index in [4.69, 9.17) is 11.8 Å². The third-order valence-corrected chi connectivity index (χ3v) is 1.84. The lowest BCUT2D eigenvalue weighted by Gasteiger charge is -2.25. The maximum Gasteiger partial charge on any atom is 0.432 e. The van der Waals surface area contributed by atoms with Crippen molar-refractivity contribution in [2.24, 2.45) is 0 Å². The van der Waals surface area contributed by atoms with Gasteiger partial charge in [-0.2, -0.15) is 4.42 Å². The summed E-state index contributed by atoms with van der Waals surface area (Å²) >= 11 is 5.40. The number of hydrogen-bond donors (Lipinski definition) is 1. The zero-order chi connectivity index (χ0) is 7.94. The molecule has 1 N–H and O–H groups in total. The second kappa shape index (κ2) is 3.15. The van der Waals surface area contributed by atoms with E-state index in [1.54, 1.807) is 13.8 Å². The lowest BCUT2D eigenvalue weighted by molar-refractivity contribution is -0.805. The first kappa shape index (κ1) is 11.0. The molecule has 1 aliphatic heterocycles. The van der Waals surface area contributed by atoms with Crippen LogP contribution in [0.1, 0.15) is 13.8 Å². The topological polar surface area (TPSA) is 47.8 Å². The molecule has 1 aliphatic rings. The molecule has 0 aromatic carbocycles. The summed E-state index contributed by atoms with van der Waals surface area (Å²) in [7, 11) is 0. The van der Waals surface area contributed by atoms with Gasteiger partial charge in [0.05, 0.1) is 6.54 Å². The molecule has 6 heteroatoms. The van der Waals surface area contributed by atoms with Crippen molar-refractivity contribution in [3.05, 3.63) is 5.21 Å². The van der Waals surface area contributed by atoms with Crippen LogP contribution in [0.5, 0.6) is 0 Å². The van der Waals surface area contributed by atoms with Crippen molar-refractivity contribution < 1.29 is 22.3 Å². The van der Waals surface area contributed by atoms with Crippen molar-refractivity contribution in [1.29, 1.82) is 0 Å². The molecular weight excluding hydrogens is 191 g/mol. The van der Waals surface area contributed by atoms with Crippen molar-refractivity contribution in [3.63, 3.8) is 0 Å². The summed E-state index contributed by atoms with van der Waals surface area (Å²) in [6, 6.07) is -0.591. The monoisotopic (exact) mass is 199 g/mol. The molecule has 0 radical (unpaired) electrons. The number of halogens is 2. The van der Waals surface area contributed by atoms with E-state index in [2.05, 4.69) is 0 Å². The normalized spacial score (nSPS) is 28.5.